The number of nitro benzene ring substituents is 1. The number of hydrogen-bond acceptors (Lipinski definition) is 10. The Labute approximate surface area is 290 Å². The van der Waals surface area contributed by atoms with Crippen LogP contribution >= 0.6 is 23.2 Å². The molecule has 0 bridgehead atoms. The van der Waals surface area contributed by atoms with Crippen molar-refractivity contribution in [2.75, 3.05) is 26.1 Å². The average molecular weight is 720 g/mol. The number of halogens is 3. The smallest absolute Gasteiger partial charge is 0.341 e. The number of methoxy groups -OCH3 is 2. The van der Waals surface area contributed by atoms with Crippen molar-refractivity contribution in [2.45, 2.75) is 56.3 Å². The highest BCUT2D eigenvalue weighted by molar-refractivity contribution is 6.31. The third kappa shape index (κ3) is 5.86. The Kier molecular flexibility index (Phi) is 9.90. The van der Waals surface area contributed by atoms with Gasteiger partial charge in [-0.05, 0) is 49.4 Å². The Morgan fingerprint density at radius 3 is 2.49 bits per heavy atom. The van der Waals surface area contributed by atoms with Crippen molar-refractivity contribution in [1.29, 1.82) is 0 Å². The highest BCUT2D eigenvalue weighted by atomic mass is 35.5. The van der Waals surface area contributed by atoms with Gasteiger partial charge in [0.25, 0.3) is 11.6 Å². The first-order valence-corrected chi connectivity index (χ1v) is 15.7. The monoisotopic (exact) mass is 718 g/mol. The maximum absolute atomic E-state index is 16.0. The normalized spacial score (nSPS) is 23.4. The molecule has 1 saturated carbocycles. The number of amides is 1. The van der Waals surface area contributed by atoms with Gasteiger partial charge in [-0.25, -0.2) is 9.18 Å². The van der Waals surface area contributed by atoms with Crippen molar-refractivity contribution in [2.24, 2.45) is 5.92 Å². The summed E-state index contributed by atoms with van der Waals surface area (Å²) in [5.41, 5.74) is -2.60. The molecule has 260 valence electrons. The van der Waals surface area contributed by atoms with Crippen LogP contribution in [0.3, 0.4) is 0 Å². The number of ether oxygens (including phenoxy) is 2. The van der Waals surface area contributed by atoms with Gasteiger partial charge in [0.05, 0.1) is 47.8 Å². The van der Waals surface area contributed by atoms with Crippen molar-refractivity contribution in [1.82, 2.24) is 4.90 Å². The maximum atomic E-state index is 16.0. The van der Waals surface area contributed by atoms with Crippen molar-refractivity contribution >= 4 is 46.5 Å². The summed E-state index contributed by atoms with van der Waals surface area (Å²) in [5.74, 6) is -4.06. The van der Waals surface area contributed by atoms with Crippen LogP contribution in [0.4, 0.5) is 15.8 Å². The zero-order valence-corrected chi connectivity index (χ0v) is 27.0. The van der Waals surface area contributed by atoms with E-state index >= 15 is 4.39 Å². The van der Waals surface area contributed by atoms with Gasteiger partial charge in [0.2, 0.25) is 6.04 Å². The van der Waals surface area contributed by atoms with E-state index in [1.165, 1.54) is 37.4 Å². The van der Waals surface area contributed by atoms with Gasteiger partial charge in [0, 0.05) is 39.4 Å². The third-order valence-corrected chi connectivity index (χ3v) is 10.0. The zero-order valence-electron chi connectivity index (χ0n) is 25.5. The lowest BCUT2D eigenvalue weighted by molar-refractivity contribution is -0.528. The predicted octanol–water partition coefficient (Wildman–Crippen LogP) is 6.27. The maximum Gasteiger partial charge on any atom is 0.341 e. The molecule has 1 unspecified atom stereocenters. The van der Waals surface area contributed by atoms with Gasteiger partial charge in [-0.15, -0.1) is 0 Å². The minimum absolute atomic E-state index is 0. The lowest BCUT2D eigenvalue weighted by atomic mass is 9.73. The Morgan fingerprint density at radius 1 is 1.16 bits per heavy atom. The highest BCUT2D eigenvalue weighted by Gasteiger charge is 2.71. The number of likely N-dealkylation sites (tertiary alicyclic amines) is 1. The van der Waals surface area contributed by atoms with E-state index in [0.717, 1.165) is 32.1 Å². The van der Waals surface area contributed by atoms with Crippen molar-refractivity contribution in [3.8, 4) is 5.75 Å². The van der Waals surface area contributed by atoms with Crippen LogP contribution in [0.1, 0.15) is 65.8 Å². The molecule has 2 N–H and O–H groups in total. The number of nitrogens with one attached hydrogen (secondary N) is 1. The molecule has 1 saturated heterocycles. The lowest BCUT2D eigenvalue weighted by Crippen LogP contribution is -2.53. The molecule has 0 aromatic heterocycles. The first kappa shape index (κ1) is 35.9. The van der Waals surface area contributed by atoms with Gasteiger partial charge < -0.3 is 19.9 Å². The minimum Gasteiger partial charge on any atom is -0.496 e. The Hall–Kier alpha value is -4.37. The number of carbonyl (C=O) groups excluding carboxylic acids is 2. The predicted molar refractivity (Wildman–Crippen MR) is 177 cm³/mol. The summed E-state index contributed by atoms with van der Waals surface area (Å²) in [4.78, 5) is 52.4. The standard InChI is InChI=1S/C32H29Cl2FN4O9.CH4/c1-47-26-12-18(23(38(43)44)11-19(26)30(41)48-2)25(40)13-24-29(39(45)46)27(17-4-3-5-21(34)28(17)35)32(37(24)14-15-6-7-15)20-9-8-16(33)10-22(20)36-31(32)42;/h3-5,8-12,15,24-25,27,29,40H,6-7,13-14H2,1-2H3,(H,36,42);1H4/t24-,25?,27-,29+,32+;/m0./s1. The van der Waals surface area contributed by atoms with Crippen molar-refractivity contribution in [3.05, 3.63) is 107 Å². The molecule has 1 amide bonds. The zero-order chi connectivity index (χ0) is 34.7. The van der Waals surface area contributed by atoms with E-state index in [0.29, 0.717) is 11.3 Å². The molecule has 3 aromatic rings. The molecular weight excluding hydrogens is 686 g/mol. The number of aliphatic hydroxyl groups excluding tert-OH is 1. The van der Waals surface area contributed by atoms with Gasteiger partial charge in [-0.1, -0.05) is 48.8 Å². The SMILES string of the molecule is C.COC(=O)c1cc([N+](=O)[O-])c(C(O)C[C@H]2[C@@H]([N+](=O)[O-])[C@H](c3cccc(Cl)c3F)[C@]3(C(=O)Nc4cc(Cl)ccc43)N2CC2CC2)cc1OC. The number of anilines is 1. The van der Waals surface area contributed by atoms with Crippen molar-refractivity contribution in [3.63, 3.8) is 0 Å². The van der Waals surface area contributed by atoms with E-state index in [2.05, 4.69) is 5.32 Å². The number of nitrogens with zero attached hydrogens (tertiary/aromatic N) is 3. The van der Waals surface area contributed by atoms with Crippen LogP contribution < -0.4 is 10.1 Å². The molecule has 6 rings (SSSR count). The van der Waals surface area contributed by atoms with Crippen LogP contribution in [-0.2, 0) is 15.1 Å². The second kappa shape index (κ2) is 13.5. The lowest BCUT2D eigenvalue weighted by Gasteiger charge is -2.39. The fraction of sp³-hybridized carbons (Fsp3) is 0.394. The van der Waals surface area contributed by atoms with E-state index < -0.39 is 69.3 Å². The molecule has 13 nitrogen and oxygen atoms in total. The van der Waals surface area contributed by atoms with Gasteiger partial charge in [0.1, 0.15) is 22.7 Å². The summed E-state index contributed by atoms with van der Waals surface area (Å²) >= 11 is 12.5. The van der Waals surface area contributed by atoms with E-state index in [1.54, 1.807) is 11.0 Å². The van der Waals surface area contributed by atoms with Crippen LogP contribution in [0.5, 0.6) is 5.75 Å². The van der Waals surface area contributed by atoms with Gasteiger partial charge in [-0.3, -0.25) is 29.9 Å². The topological polar surface area (TPSA) is 174 Å². The molecule has 5 atom stereocenters. The summed E-state index contributed by atoms with van der Waals surface area (Å²) in [5, 5.41) is 39.9. The number of carbonyl (C=O) groups is 2. The molecule has 16 heteroatoms. The number of nitro groups is 2. The fourth-order valence-corrected chi connectivity index (χ4v) is 7.69. The molecule has 49 heavy (non-hydrogen) atoms. The molecule has 1 aliphatic carbocycles. The average Bonchev–Trinajstić information content (AvgIpc) is 3.77. The molecule has 3 aliphatic rings. The van der Waals surface area contributed by atoms with Crippen LogP contribution in [0.25, 0.3) is 0 Å². The largest absolute Gasteiger partial charge is 0.496 e. The molecule has 2 aliphatic heterocycles. The van der Waals surface area contributed by atoms with Crippen LogP contribution in [0, 0.1) is 32.0 Å². The molecule has 2 fully saturated rings. The number of fused-ring (bicyclic) bond motifs is 2. The summed E-state index contributed by atoms with van der Waals surface area (Å²) in [7, 11) is 2.31. The third-order valence-electron chi connectivity index (χ3n) is 9.51. The van der Waals surface area contributed by atoms with E-state index in [4.69, 9.17) is 32.7 Å². The van der Waals surface area contributed by atoms with E-state index in [9.17, 15) is 34.9 Å². The molecule has 1 spiro atoms. The first-order chi connectivity index (χ1) is 22.8. The summed E-state index contributed by atoms with van der Waals surface area (Å²) in [6.07, 6.45) is -0.687. The van der Waals surface area contributed by atoms with Gasteiger partial charge in [-0.2, -0.15) is 0 Å². The van der Waals surface area contributed by atoms with E-state index in [1.807, 2.05) is 0 Å². The summed E-state index contributed by atoms with van der Waals surface area (Å²) in [6, 6.07) is 7.72. The van der Waals surface area contributed by atoms with Gasteiger partial charge in [0.15, 0.2) is 0 Å². The summed E-state index contributed by atoms with van der Waals surface area (Å²) < 4.78 is 26.0. The molecule has 0 radical (unpaired) electrons. The van der Waals surface area contributed by atoms with Crippen LogP contribution in [-0.4, -0.2) is 64.6 Å². The Balaban J connectivity index is 0.00000468. The second-order valence-electron chi connectivity index (χ2n) is 12.1. The molecular formula is C33H33Cl2FN4O9. The number of hydrogen-bond donors (Lipinski definition) is 2. The Bertz CT molecular complexity index is 1860. The quantitative estimate of drug-likeness (QED) is 0.138. The second-order valence-corrected chi connectivity index (χ2v) is 12.9. The van der Waals surface area contributed by atoms with E-state index in [-0.39, 0.29) is 52.4 Å². The molecule has 3 aromatic carbocycles. The number of aliphatic hydroxyl groups is 1. The van der Waals surface area contributed by atoms with Crippen molar-refractivity contribution < 1.29 is 38.4 Å². The fourth-order valence-electron chi connectivity index (χ4n) is 7.34. The van der Waals surface area contributed by atoms with Crippen LogP contribution in [0.2, 0.25) is 10.0 Å². The number of esters is 1. The number of rotatable bonds is 10. The number of benzene rings is 3. The van der Waals surface area contributed by atoms with Crippen LogP contribution in [0.15, 0.2) is 48.5 Å². The Morgan fingerprint density at radius 2 is 1.88 bits per heavy atom. The van der Waals surface area contributed by atoms with Gasteiger partial charge >= 0.3 is 5.97 Å². The summed E-state index contributed by atoms with van der Waals surface area (Å²) in [6.45, 7) is 0.169. The molecule has 2 heterocycles. The minimum atomic E-state index is -1.85. The highest BCUT2D eigenvalue weighted by Crippen LogP contribution is 2.60. The first-order valence-electron chi connectivity index (χ1n) is 14.9.